The van der Waals surface area contributed by atoms with Crippen molar-refractivity contribution in [3.63, 3.8) is 0 Å². The number of carbonyl (C=O) groups is 1. The normalized spacial score (nSPS) is 13.3. The number of hydrogen-bond acceptors (Lipinski definition) is 6. The molecular formula is C26H28ClNO5S. The number of rotatable bonds is 10. The first kappa shape index (κ1) is 25.9. The molecule has 0 aliphatic heterocycles. The molecule has 0 saturated carbocycles. The van der Waals surface area contributed by atoms with E-state index in [0.29, 0.717) is 18.0 Å². The van der Waals surface area contributed by atoms with Crippen LogP contribution in [0, 0.1) is 0 Å². The van der Waals surface area contributed by atoms with Crippen LogP contribution in [0.1, 0.15) is 41.4 Å². The highest BCUT2D eigenvalue weighted by atomic mass is 35.5. The molecule has 2 atom stereocenters. The minimum absolute atomic E-state index is 0.0181. The monoisotopic (exact) mass is 501 g/mol. The third kappa shape index (κ3) is 6.45. The molecule has 0 aliphatic carbocycles. The van der Waals surface area contributed by atoms with Crippen molar-refractivity contribution in [2.45, 2.75) is 42.2 Å². The van der Waals surface area contributed by atoms with E-state index >= 15 is 0 Å². The molecule has 2 N–H and O–H groups in total. The van der Waals surface area contributed by atoms with Gasteiger partial charge in [0.1, 0.15) is 0 Å². The van der Waals surface area contributed by atoms with Crippen molar-refractivity contribution in [1.82, 2.24) is 5.32 Å². The van der Waals surface area contributed by atoms with Crippen LogP contribution in [0.3, 0.4) is 0 Å². The van der Waals surface area contributed by atoms with E-state index in [1.54, 1.807) is 61.5 Å². The Balaban J connectivity index is 1.66. The summed E-state index contributed by atoms with van der Waals surface area (Å²) >= 11 is 5.98. The van der Waals surface area contributed by atoms with Crippen molar-refractivity contribution in [2.24, 2.45) is 0 Å². The molecule has 6 nitrogen and oxygen atoms in total. The molecule has 0 spiro atoms. The molecule has 180 valence electrons. The molecule has 0 aromatic heterocycles. The van der Waals surface area contributed by atoms with Gasteiger partial charge < -0.3 is 15.2 Å². The first-order valence-corrected chi connectivity index (χ1v) is 12.9. The van der Waals surface area contributed by atoms with Gasteiger partial charge in [0.05, 0.1) is 28.1 Å². The summed E-state index contributed by atoms with van der Waals surface area (Å²) in [4.78, 5) is 12.2. The van der Waals surface area contributed by atoms with E-state index in [-0.39, 0.29) is 28.0 Å². The predicted molar refractivity (Wildman–Crippen MR) is 132 cm³/mol. The quantitative estimate of drug-likeness (QED) is 0.394. The lowest BCUT2D eigenvalue weighted by molar-refractivity contribution is 0.0522. The molecule has 0 fully saturated rings. The van der Waals surface area contributed by atoms with Gasteiger partial charge in [0, 0.05) is 17.6 Å². The molecule has 3 rings (SSSR count). The molecule has 3 aromatic rings. The van der Waals surface area contributed by atoms with Crippen molar-refractivity contribution >= 4 is 27.4 Å². The number of halogens is 1. The van der Waals surface area contributed by atoms with Crippen LogP contribution < -0.4 is 5.32 Å². The number of esters is 1. The highest BCUT2D eigenvalue weighted by Gasteiger charge is 2.25. The fraction of sp³-hybridized carbons (Fsp3) is 0.269. The van der Waals surface area contributed by atoms with Gasteiger partial charge >= 0.3 is 5.97 Å². The fourth-order valence-corrected chi connectivity index (χ4v) is 5.23. The van der Waals surface area contributed by atoms with E-state index in [0.717, 1.165) is 11.1 Å². The molecule has 0 amide bonds. The van der Waals surface area contributed by atoms with Gasteiger partial charge in [0.2, 0.25) is 9.84 Å². The Hall–Kier alpha value is -2.71. The Morgan fingerprint density at radius 1 is 1.06 bits per heavy atom. The molecule has 0 aliphatic rings. The Labute approximate surface area is 205 Å². The Bertz CT molecular complexity index is 1230. The maximum atomic E-state index is 13.2. The summed E-state index contributed by atoms with van der Waals surface area (Å²) < 4.78 is 31.4. The summed E-state index contributed by atoms with van der Waals surface area (Å²) in [6.45, 7) is 4.18. The van der Waals surface area contributed by atoms with Gasteiger partial charge in [-0.1, -0.05) is 48.0 Å². The molecule has 0 saturated heterocycles. The highest BCUT2D eigenvalue weighted by molar-refractivity contribution is 7.91. The smallest absolute Gasteiger partial charge is 0.339 e. The number of nitrogens with one attached hydrogen (secondary N) is 1. The van der Waals surface area contributed by atoms with E-state index < -0.39 is 21.9 Å². The lowest BCUT2D eigenvalue weighted by Crippen LogP contribution is -2.32. The van der Waals surface area contributed by atoms with Crippen LogP contribution in [-0.2, 0) is 21.0 Å². The number of ether oxygens (including phenoxy) is 1. The minimum atomic E-state index is -3.89. The van der Waals surface area contributed by atoms with Crippen LogP contribution in [0.25, 0.3) is 0 Å². The van der Waals surface area contributed by atoms with Crippen molar-refractivity contribution in [3.8, 4) is 0 Å². The number of benzene rings is 3. The van der Waals surface area contributed by atoms with Gasteiger partial charge in [0.25, 0.3) is 0 Å². The molecule has 0 unspecified atom stereocenters. The molecule has 0 heterocycles. The van der Waals surface area contributed by atoms with Crippen LogP contribution in [0.4, 0.5) is 0 Å². The Morgan fingerprint density at radius 2 is 1.76 bits per heavy atom. The summed E-state index contributed by atoms with van der Waals surface area (Å²) in [5.41, 5.74) is 1.70. The van der Waals surface area contributed by atoms with Crippen molar-refractivity contribution in [1.29, 1.82) is 0 Å². The number of aliphatic hydroxyl groups is 1. The lowest BCUT2D eigenvalue weighted by atomic mass is 10.1. The molecule has 0 radical (unpaired) electrons. The van der Waals surface area contributed by atoms with Crippen LogP contribution in [-0.4, -0.2) is 38.7 Å². The van der Waals surface area contributed by atoms with Crippen molar-refractivity contribution < 1.29 is 23.1 Å². The number of aliphatic hydroxyl groups excluding tert-OH is 1. The summed E-state index contributed by atoms with van der Waals surface area (Å²) in [7, 11) is -3.89. The maximum Gasteiger partial charge on any atom is 0.339 e. The van der Waals surface area contributed by atoms with Crippen LogP contribution in [0.5, 0.6) is 0 Å². The zero-order chi connectivity index (χ0) is 24.7. The van der Waals surface area contributed by atoms with Gasteiger partial charge in [-0.2, -0.15) is 0 Å². The standard InChI is InChI=1S/C26H28ClNO5S/c1-3-33-26(30)23-9-4-5-10-25(23)34(31,32)22-13-11-19(12-14-22)15-18(2)28-17-24(29)20-7-6-8-21(27)16-20/h4-14,16,18,24,28-29H,3,15,17H2,1-2H3/t18-,24-/m1/s1. The summed E-state index contributed by atoms with van der Waals surface area (Å²) in [6, 6.07) is 19.8. The maximum absolute atomic E-state index is 13.2. The minimum Gasteiger partial charge on any atom is -0.462 e. The molecule has 3 aromatic carbocycles. The largest absolute Gasteiger partial charge is 0.462 e. The van der Waals surface area contributed by atoms with Crippen molar-refractivity contribution in [2.75, 3.05) is 13.2 Å². The fourth-order valence-electron chi connectivity index (χ4n) is 3.58. The van der Waals surface area contributed by atoms with Crippen LogP contribution in [0.2, 0.25) is 5.02 Å². The van der Waals surface area contributed by atoms with E-state index in [1.807, 2.05) is 13.0 Å². The van der Waals surface area contributed by atoms with Crippen molar-refractivity contribution in [3.05, 3.63) is 94.5 Å². The number of carbonyl (C=O) groups excluding carboxylic acids is 1. The summed E-state index contributed by atoms with van der Waals surface area (Å²) in [5.74, 6) is -0.668. The topological polar surface area (TPSA) is 92.7 Å². The van der Waals surface area contributed by atoms with Crippen LogP contribution in [0.15, 0.2) is 82.6 Å². The second-order valence-corrected chi connectivity index (χ2v) is 10.3. The zero-order valence-electron chi connectivity index (χ0n) is 19.1. The zero-order valence-corrected chi connectivity index (χ0v) is 20.6. The van der Waals surface area contributed by atoms with E-state index in [9.17, 15) is 18.3 Å². The first-order valence-electron chi connectivity index (χ1n) is 11.0. The van der Waals surface area contributed by atoms with Gasteiger partial charge in [-0.3, -0.25) is 0 Å². The van der Waals surface area contributed by atoms with Gasteiger partial charge in [-0.25, -0.2) is 13.2 Å². The molecule has 8 heteroatoms. The highest BCUT2D eigenvalue weighted by Crippen LogP contribution is 2.25. The van der Waals surface area contributed by atoms with Crippen LogP contribution >= 0.6 is 11.6 Å². The van der Waals surface area contributed by atoms with E-state index in [4.69, 9.17) is 16.3 Å². The van der Waals surface area contributed by atoms with E-state index in [1.165, 1.54) is 12.1 Å². The van der Waals surface area contributed by atoms with Gasteiger partial charge in [0.15, 0.2) is 0 Å². The number of hydrogen-bond donors (Lipinski definition) is 2. The molecule has 34 heavy (non-hydrogen) atoms. The van der Waals surface area contributed by atoms with Gasteiger partial charge in [-0.15, -0.1) is 0 Å². The summed E-state index contributed by atoms with van der Waals surface area (Å²) in [6.07, 6.45) is -0.0460. The molecule has 0 bridgehead atoms. The number of sulfone groups is 1. The third-order valence-corrected chi connectivity index (χ3v) is 7.40. The summed E-state index contributed by atoms with van der Waals surface area (Å²) in [5, 5.41) is 14.2. The Kier molecular flexibility index (Phi) is 8.85. The SMILES string of the molecule is CCOC(=O)c1ccccc1S(=O)(=O)c1ccc(C[C@@H](C)NC[C@@H](O)c2cccc(Cl)c2)cc1. The molecular weight excluding hydrogens is 474 g/mol. The Morgan fingerprint density at radius 3 is 2.44 bits per heavy atom. The second kappa shape index (κ2) is 11.6. The average molecular weight is 502 g/mol. The predicted octanol–water partition coefficient (Wildman–Crippen LogP) is 4.60. The second-order valence-electron chi connectivity index (χ2n) is 7.95. The third-order valence-electron chi connectivity index (χ3n) is 5.34. The van der Waals surface area contributed by atoms with Gasteiger partial charge in [-0.05, 0) is 67.8 Å². The first-order chi connectivity index (χ1) is 16.2. The average Bonchev–Trinajstić information content (AvgIpc) is 2.83. The van der Waals surface area contributed by atoms with E-state index in [2.05, 4.69) is 5.32 Å². The lowest BCUT2D eigenvalue weighted by Gasteiger charge is -2.18.